The van der Waals surface area contributed by atoms with Crippen molar-refractivity contribution in [2.45, 2.75) is 19.3 Å². The lowest BCUT2D eigenvalue weighted by Crippen LogP contribution is -2.23. The molecule has 0 radical (unpaired) electrons. The third kappa shape index (κ3) is 2.63. The number of aromatic nitrogens is 1. The van der Waals surface area contributed by atoms with Gasteiger partial charge in [-0.1, -0.05) is 11.6 Å². The summed E-state index contributed by atoms with van der Waals surface area (Å²) in [6, 6.07) is 4.11. The number of carboxylic acids is 1. The van der Waals surface area contributed by atoms with Crippen LogP contribution in [0.4, 0.5) is 10.2 Å². The van der Waals surface area contributed by atoms with E-state index >= 15 is 0 Å². The lowest BCUT2D eigenvalue weighted by atomic mass is 10.0. The molecule has 4 rings (SSSR count). The van der Waals surface area contributed by atoms with Crippen LogP contribution >= 0.6 is 0 Å². The quantitative estimate of drug-likeness (QED) is 0.914. The largest absolute Gasteiger partial charge is 0.494 e. The highest BCUT2D eigenvalue weighted by Gasteiger charge is 2.39. The summed E-state index contributed by atoms with van der Waals surface area (Å²) in [7, 11) is 1.36. The van der Waals surface area contributed by atoms with Gasteiger partial charge in [0, 0.05) is 18.7 Å². The summed E-state index contributed by atoms with van der Waals surface area (Å²) in [5.74, 6) is 0.0998. The highest BCUT2D eigenvalue weighted by atomic mass is 19.1. The van der Waals surface area contributed by atoms with Crippen LogP contribution in [0.5, 0.6) is 5.75 Å². The van der Waals surface area contributed by atoms with E-state index in [1.54, 1.807) is 0 Å². The van der Waals surface area contributed by atoms with Gasteiger partial charge in [0.15, 0.2) is 28.7 Å². The molecule has 0 spiro atoms. The van der Waals surface area contributed by atoms with E-state index in [-0.39, 0.29) is 17.1 Å². The Morgan fingerprint density at radius 3 is 2.72 bits per heavy atom. The Morgan fingerprint density at radius 2 is 2.08 bits per heavy atom. The Hall–Kier alpha value is -2.57. The molecule has 2 heterocycles. The number of aromatic carboxylic acids is 1. The molecule has 132 valence electrons. The number of ether oxygens (including phenoxy) is 1. The van der Waals surface area contributed by atoms with Crippen LogP contribution in [0.2, 0.25) is 0 Å². The average Bonchev–Trinajstić information content (AvgIpc) is 3.28. The lowest BCUT2D eigenvalue weighted by Gasteiger charge is -2.16. The minimum atomic E-state index is -1.10. The Labute approximate surface area is 144 Å². The molecule has 1 aromatic carbocycles. The molecule has 2 aromatic rings. The molecule has 1 aliphatic heterocycles. The summed E-state index contributed by atoms with van der Waals surface area (Å²) in [5, 5.41) is 13.7. The molecule has 1 N–H and O–H groups in total. The summed E-state index contributed by atoms with van der Waals surface area (Å²) >= 11 is 0. The van der Waals surface area contributed by atoms with Crippen molar-refractivity contribution >= 4 is 11.8 Å². The second-order valence-corrected chi connectivity index (χ2v) is 6.72. The molecule has 2 aliphatic rings. The van der Waals surface area contributed by atoms with Crippen molar-refractivity contribution in [1.82, 2.24) is 5.16 Å². The number of fused-ring (bicyclic) bond motifs is 1. The van der Waals surface area contributed by atoms with Crippen molar-refractivity contribution in [2.75, 3.05) is 25.1 Å². The van der Waals surface area contributed by atoms with Crippen LogP contribution in [0.3, 0.4) is 0 Å². The van der Waals surface area contributed by atoms with Crippen molar-refractivity contribution in [2.24, 2.45) is 11.8 Å². The molecule has 1 saturated carbocycles. The number of methoxy groups -OCH3 is 1. The number of rotatable bonds is 4. The van der Waals surface area contributed by atoms with Gasteiger partial charge in [-0.25, -0.2) is 9.18 Å². The van der Waals surface area contributed by atoms with Gasteiger partial charge in [-0.3, -0.25) is 0 Å². The number of hydrogen-bond acceptors (Lipinski definition) is 5. The molecule has 2 atom stereocenters. The van der Waals surface area contributed by atoms with Gasteiger partial charge < -0.3 is 19.3 Å². The third-order valence-electron chi connectivity index (χ3n) is 5.33. The molecule has 6 nitrogen and oxygen atoms in total. The predicted molar refractivity (Wildman–Crippen MR) is 88.5 cm³/mol. The highest BCUT2D eigenvalue weighted by Crippen LogP contribution is 2.42. The minimum absolute atomic E-state index is 0.0219. The van der Waals surface area contributed by atoms with Crippen LogP contribution in [0.25, 0.3) is 11.3 Å². The molecule has 0 bridgehead atoms. The summed E-state index contributed by atoms with van der Waals surface area (Å²) in [6.07, 6.45) is 3.61. The van der Waals surface area contributed by atoms with E-state index in [4.69, 9.17) is 9.26 Å². The zero-order valence-corrected chi connectivity index (χ0v) is 13.9. The van der Waals surface area contributed by atoms with Gasteiger partial charge in [0.2, 0.25) is 0 Å². The number of nitrogens with zero attached hydrogens (tertiary/aromatic N) is 2. The monoisotopic (exact) mass is 346 g/mol. The smallest absolute Gasteiger partial charge is 0.343 e. The number of halogens is 1. The Balaban J connectivity index is 1.73. The fraction of sp³-hybridized carbons (Fsp3) is 0.444. The fourth-order valence-electron chi connectivity index (χ4n) is 4.10. The van der Waals surface area contributed by atoms with Gasteiger partial charge in [0.1, 0.15) is 0 Å². The minimum Gasteiger partial charge on any atom is -0.494 e. The summed E-state index contributed by atoms with van der Waals surface area (Å²) in [4.78, 5) is 13.9. The number of benzene rings is 1. The maximum Gasteiger partial charge on any atom is 0.343 e. The van der Waals surface area contributed by atoms with Crippen LogP contribution in [0.1, 0.15) is 29.6 Å². The van der Waals surface area contributed by atoms with Crippen molar-refractivity contribution in [3.63, 3.8) is 0 Å². The Bertz CT molecular complexity index is 807. The highest BCUT2D eigenvalue weighted by molar-refractivity contribution is 5.99. The molecular formula is C18H19FN2O4. The van der Waals surface area contributed by atoms with E-state index < -0.39 is 11.8 Å². The molecular weight excluding hydrogens is 327 g/mol. The fourth-order valence-corrected chi connectivity index (χ4v) is 4.10. The summed E-state index contributed by atoms with van der Waals surface area (Å²) < 4.78 is 24.0. The van der Waals surface area contributed by atoms with Crippen molar-refractivity contribution < 1.29 is 23.6 Å². The molecule has 7 heteroatoms. The van der Waals surface area contributed by atoms with Crippen molar-refractivity contribution in [3.05, 3.63) is 29.6 Å². The van der Waals surface area contributed by atoms with Crippen LogP contribution in [0.15, 0.2) is 22.7 Å². The molecule has 1 saturated heterocycles. The second-order valence-electron chi connectivity index (χ2n) is 6.72. The van der Waals surface area contributed by atoms with E-state index in [2.05, 4.69) is 5.16 Å². The van der Waals surface area contributed by atoms with Gasteiger partial charge in [-0.2, -0.15) is 0 Å². The van der Waals surface area contributed by atoms with Gasteiger partial charge >= 0.3 is 5.97 Å². The van der Waals surface area contributed by atoms with E-state index in [0.717, 1.165) is 13.1 Å². The SMILES string of the molecule is COc1cc(-c2onc(N3C[C@H]4CCC[C@H]4C3)c2C(=O)O)ccc1F. The van der Waals surface area contributed by atoms with E-state index in [1.807, 2.05) is 4.90 Å². The van der Waals surface area contributed by atoms with E-state index in [0.29, 0.717) is 23.2 Å². The lowest BCUT2D eigenvalue weighted by molar-refractivity contribution is 0.0698. The van der Waals surface area contributed by atoms with Crippen molar-refractivity contribution in [3.8, 4) is 17.1 Å². The molecule has 0 unspecified atom stereocenters. The van der Waals surface area contributed by atoms with E-state index in [9.17, 15) is 14.3 Å². The normalized spacial score (nSPS) is 22.2. The van der Waals surface area contributed by atoms with Crippen LogP contribution in [-0.4, -0.2) is 36.4 Å². The first-order valence-electron chi connectivity index (χ1n) is 8.40. The Kier molecular flexibility index (Phi) is 3.86. The maximum absolute atomic E-state index is 13.6. The number of carbonyl (C=O) groups is 1. The number of hydrogen-bond donors (Lipinski definition) is 1. The molecule has 1 aliphatic carbocycles. The van der Waals surface area contributed by atoms with Crippen LogP contribution in [0, 0.1) is 17.7 Å². The topological polar surface area (TPSA) is 75.8 Å². The predicted octanol–water partition coefficient (Wildman–Crippen LogP) is 3.42. The standard InChI is InChI=1S/C18H19FN2O4/c1-24-14-7-10(5-6-13(14)19)16-15(18(22)23)17(20-25-16)21-8-11-3-2-4-12(11)9-21/h5-7,11-12H,2-4,8-9H2,1H3,(H,22,23)/t11-,12+. The molecule has 2 fully saturated rings. The van der Waals surface area contributed by atoms with Gasteiger partial charge in [-0.15, -0.1) is 0 Å². The van der Waals surface area contributed by atoms with E-state index in [1.165, 1.54) is 44.6 Å². The maximum atomic E-state index is 13.6. The first kappa shape index (κ1) is 15.9. The third-order valence-corrected chi connectivity index (χ3v) is 5.33. The molecule has 25 heavy (non-hydrogen) atoms. The Morgan fingerprint density at radius 1 is 1.36 bits per heavy atom. The van der Waals surface area contributed by atoms with Crippen LogP contribution in [-0.2, 0) is 0 Å². The molecule has 0 amide bonds. The average molecular weight is 346 g/mol. The van der Waals surface area contributed by atoms with Gasteiger partial charge in [0.05, 0.1) is 7.11 Å². The van der Waals surface area contributed by atoms with Crippen molar-refractivity contribution in [1.29, 1.82) is 0 Å². The zero-order valence-electron chi connectivity index (χ0n) is 13.9. The zero-order chi connectivity index (χ0) is 17.6. The summed E-state index contributed by atoms with van der Waals surface area (Å²) in [5.41, 5.74) is 0.447. The first-order chi connectivity index (χ1) is 12.1. The van der Waals surface area contributed by atoms with Crippen LogP contribution < -0.4 is 9.64 Å². The van der Waals surface area contributed by atoms with Gasteiger partial charge in [0.25, 0.3) is 0 Å². The summed E-state index contributed by atoms with van der Waals surface area (Å²) in [6.45, 7) is 1.62. The second kappa shape index (κ2) is 6.06. The van der Waals surface area contributed by atoms with Gasteiger partial charge in [-0.05, 0) is 42.9 Å². The first-order valence-corrected chi connectivity index (χ1v) is 8.40. The number of anilines is 1. The number of carboxylic acid groups (broad SMARTS) is 1. The molecule has 1 aromatic heterocycles.